The summed E-state index contributed by atoms with van der Waals surface area (Å²) in [6, 6.07) is 19.1. The summed E-state index contributed by atoms with van der Waals surface area (Å²) in [5.41, 5.74) is 1.01. The number of urea groups is 1. The number of para-hydroxylation sites is 1. The van der Waals surface area contributed by atoms with E-state index >= 15 is 0 Å². The molecule has 5 heteroatoms. The molecule has 1 saturated heterocycles. The van der Waals surface area contributed by atoms with E-state index in [1.807, 2.05) is 60.7 Å². The molecule has 2 atom stereocenters. The smallest absolute Gasteiger partial charge is 0.315 e. The molecular weight excluding hydrogens is 316 g/mol. The molecule has 2 aromatic carbocycles. The number of benzene rings is 2. The standard InChI is InChI=1S/C20H24N2O3/c23-20(21-13-16-11-12-24-14-16)22-19(17-7-3-1-4-8-17)15-25-18-9-5-2-6-10-18/h1-10,16,19H,11-15H2,(H2,21,22,23)/t16-,19+/m1/s1. The van der Waals surface area contributed by atoms with Gasteiger partial charge in [0.1, 0.15) is 12.4 Å². The fourth-order valence-corrected chi connectivity index (χ4v) is 2.79. The Labute approximate surface area is 148 Å². The average molecular weight is 340 g/mol. The summed E-state index contributed by atoms with van der Waals surface area (Å²) in [7, 11) is 0. The molecule has 132 valence electrons. The molecule has 2 amide bonds. The van der Waals surface area contributed by atoms with Crippen LogP contribution >= 0.6 is 0 Å². The van der Waals surface area contributed by atoms with Gasteiger partial charge in [-0.05, 0) is 24.1 Å². The normalized spacial score (nSPS) is 17.7. The maximum atomic E-state index is 12.3. The van der Waals surface area contributed by atoms with Crippen molar-refractivity contribution in [2.75, 3.05) is 26.4 Å². The molecule has 1 fully saturated rings. The highest BCUT2D eigenvalue weighted by molar-refractivity contribution is 5.74. The van der Waals surface area contributed by atoms with Crippen molar-refractivity contribution in [2.24, 2.45) is 5.92 Å². The summed E-state index contributed by atoms with van der Waals surface area (Å²) in [4.78, 5) is 12.3. The fraction of sp³-hybridized carbons (Fsp3) is 0.350. The first-order valence-corrected chi connectivity index (χ1v) is 8.66. The summed E-state index contributed by atoms with van der Waals surface area (Å²) in [5, 5.41) is 5.95. The molecule has 0 spiro atoms. The predicted molar refractivity (Wildman–Crippen MR) is 96.6 cm³/mol. The minimum absolute atomic E-state index is 0.183. The van der Waals surface area contributed by atoms with Crippen molar-refractivity contribution in [1.29, 1.82) is 0 Å². The number of amides is 2. The van der Waals surface area contributed by atoms with Crippen LogP contribution in [0.5, 0.6) is 5.75 Å². The van der Waals surface area contributed by atoms with Crippen molar-refractivity contribution in [3.8, 4) is 5.75 Å². The first-order valence-electron chi connectivity index (χ1n) is 8.66. The van der Waals surface area contributed by atoms with Gasteiger partial charge in [0.05, 0.1) is 12.6 Å². The zero-order chi connectivity index (χ0) is 17.3. The second-order valence-corrected chi connectivity index (χ2v) is 6.17. The lowest BCUT2D eigenvalue weighted by molar-refractivity contribution is 0.184. The third-order valence-corrected chi connectivity index (χ3v) is 4.24. The molecule has 1 aliphatic rings. The molecule has 0 radical (unpaired) electrons. The molecule has 5 nitrogen and oxygen atoms in total. The van der Waals surface area contributed by atoms with E-state index in [0.717, 1.165) is 30.9 Å². The van der Waals surface area contributed by atoms with Crippen molar-refractivity contribution in [3.05, 3.63) is 66.2 Å². The highest BCUT2D eigenvalue weighted by Gasteiger charge is 2.19. The predicted octanol–water partition coefficient (Wildman–Crippen LogP) is 3.14. The summed E-state index contributed by atoms with van der Waals surface area (Å²) >= 11 is 0. The van der Waals surface area contributed by atoms with Gasteiger partial charge in [0.2, 0.25) is 0 Å². The van der Waals surface area contributed by atoms with Crippen LogP contribution in [0.1, 0.15) is 18.0 Å². The Hall–Kier alpha value is -2.53. The fourth-order valence-electron chi connectivity index (χ4n) is 2.79. The highest BCUT2D eigenvalue weighted by Crippen LogP contribution is 2.16. The largest absolute Gasteiger partial charge is 0.491 e. The van der Waals surface area contributed by atoms with Crippen LogP contribution < -0.4 is 15.4 Å². The number of hydrogen-bond acceptors (Lipinski definition) is 3. The molecule has 1 heterocycles. The molecule has 0 bridgehead atoms. The molecule has 1 aliphatic heterocycles. The SMILES string of the molecule is O=C(NC[C@H]1CCOC1)N[C@@H](COc1ccccc1)c1ccccc1. The first kappa shape index (κ1) is 17.3. The topological polar surface area (TPSA) is 59.6 Å². The third kappa shape index (κ3) is 5.50. The van der Waals surface area contributed by atoms with E-state index in [-0.39, 0.29) is 12.1 Å². The minimum Gasteiger partial charge on any atom is -0.491 e. The third-order valence-electron chi connectivity index (χ3n) is 4.24. The average Bonchev–Trinajstić information content (AvgIpc) is 3.18. The number of rotatable bonds is 7. The van der Waals surface area contributed by atoms with Crippen LogP contribution in [-0.2, 0) is 4.74 Å². The van der Waals surface area contributed by atoms with Crippen LogP contribution in [0.2, 0.25) is 0 Å². The van der Waals surface area contributed by atoms with Crippen LogP contribution in [0.15, 0.2) is 60.7 Å². The lowest BCUT2D eigenvalue weighted by Crippen LogP contribution is -2.41. The lowest BCUT2D eigenvalue weighted by atomic mass is 10.1. The van der Waals surface area contributed by atoms with Crippen molar-refractivity contribution in [2.45, 2.75) is 12.5 Å². The summed E-state index contributed by atoms with van der Waals surface area (Å²) < 4.78 is 11.2. The first-order chi connectivity index (χ1) is 12.3. The van der Waals surface area contributed by atoms with Gasteiger partial charge in [0.25, 0.3) is 0 Å². The van der Waals surface area contributed by atoms with E-state index in [2.05, 4.69) is 10.6 Å². The Kier molecular flexibility index (Phi) is 6.29. The van der Waals surface area contributed by atoms with E-state index in [0.29, 0.717) is 19.1 Å². The van der Waals surface area contributed by atoms with E-state index < -0.39 is 0 Å². The molecule has 2 N–H and O–H groups in total. The number of carbonyl (C=O) groups excluding carboxylic acids is 1. The van der Waals surface area contributed by atoms with Crippen LogP contribution in [-0.4, -0.2) is 32.4 Å². The maximum Gasteiger partial charge on any atom is 0.315 e. The number of carbonyl (C=O) groups is 1. The monoisotopic (exact) mass is 340 g/mol. The van der Waals surface area contributed by atoms with Crippen molar-refractivity contribution >= 4 is 6.03 Å². The van der Waals surface area contributed by atoms with Gasteiger partial charge in [-0.3, -0.25) is 0 Å². The Bertz CT molecular complexity index is 643. The second-order valence-electron chi connectivity index (χ2n) is 6.17. The Balaban J connectivity index is 1.56. The van der Waals surface area contributed by atoms with Gasteiger partial charge < -0.3 is 20.1 Å². The van der Waals surface area contributed by atoms with Crippen LogP contribution in [0, 0.1) is 5.92 Å². The van der Waals surface area contributed by atoms with Gasteiger partial charge in [-0.25, -0.2) is 4.79 Å². The molecule has 0 aromatic heterocycles. The Morgan fingerprint density at radius 2 is 1.84 bits per heavy atom. The van der Waals surface area contributed by atoms with E-state index in [4.69, 9.17) is 9.47 Å². The molecule has 0 unspecified atom stereocenters. The van der Waals surface area contributed by atoms with E-state index in [1.165, 1.54) is 0 Å². The van der Waals surface area contributed by atoms with Gasteiger partial charge in [0.15, 0.2) is 0 Å². The highest BCUT2D eigenvalue weighted by atomic mass is 16.5. The Morgan fingerprint density at radius 1 is 1.12 bits per heavy atom. The van der Waals surface area contributed by atoms with Gasteiger partial charge in [-0.1, -0.05) is 48.5 Å². The molecule has 0 aliphatic carbocycles. The molecule has 2 aromatic rings. The maximum absolute atomic E-state index is 12.3. The van der Waals surface area contributed by atoms with Crippen molar-refractivity contribution in [1.82, 2.24) is 10.6 Å². The number of nitrogens with one attached hydrogen (secondary N) is 2. The van der Waals surface area contributed by atoms with Crippen LogP contribution in [0.3, 0.4) is 0 Å². The van der Waals surface area contributed by atoms with Crippen LogP contribution in [0.25, 0.3) is 0 Å². The van der Waals surface area contributed by atoms with Gasteiger partial charge in [-0.2, -0.15) is 0 Å². The number of ether oxygens (including phenoxy) is 2. The molecule has 25 heavy (non-hydrogen) atoms. The molecule has 3 rings (SSSR count). The summed E-state index contributed by atoms with van der Waals surface area (Å²) in [6.45, 7) is 2.51. The summed E-state index contributed by atoms with van der Waals surface area (Å²) in [5.74, 6) is 1.19. The van der Waals surface area contributed by atoms with Gasteiger partial charge >= 0.3 is 6.03 Å². The van der Waals surface area contributed by atoms with Crippen LogP contribution in [0.4, 0.5) is 4.79 Å². The number of hydrogen-bond donors (Lipinski definition) is 2. The van der Waals surface area contributed by atoms with Crippen molar-refractivity contribution < 1.29 is 14.3 Å². The molecular formula is C20H24N2O3. The lowest BCUT2D eigenvalue weighted by Gasteiger charge is -2.21. The molecule has 0 saturated carbocycles. The zero-order valence-corrected chi connectivity index (χ0v) is 14.2. The minimum atomic E-state index is -0.221. The second kappa shape index (κ2) is 9.08. The van der Waals surface area contributed by atoms with E-state index in [1.54, 1.807) is 0 Å². The Morgan fingerprint density at radius 3 is 2.52 bits per heavy atom. The van der Waals surface area contributed by atoms with E-state index in [9.17, 15) is 4.79 Å². The quantitative estimate of drug-likeness (QED) is 0.814. The zero-order valence-electron chi connectivity index (χ0n) is 14.2. The summed E-state index contributed by atoms with van der Waals surface area (Å²) in [6.07, 6.45) is 1.000. The van der Waals surface area contributed by atoms with Gasteiger partial charge in [0, 0.05) is 19.1 Å². The van der Waals surface area contributed by atoms with Gasteiger partial charge in [-0.15, -0.1) is 0 Å². The van der Waals surface area contributed by atoms with Crippen molar-refractivity contribution in [3.63, 3.8) is 0 Å².